The lowest BCUT2D eigenvalue weighted by atomic mass is 9.98. The van der Waals surface area contributed by atoms with E-state index in [1.807, 2.05) is 32.9 Å². The normalized spacial score (nSPS) is 13.7. The molecular weight excluding hydrogens is 662 g/mol. The number of rotatable bonds is 8. The second kappa shape index (κ2) is 14.0. The summed E-state index contributed by atoms with van der Waals surface area (Å²) in [5, 5.41) is 3.96. The highest BCUT2D eigenvalue weighted by Gasteiger charge is 2.28. The van der Waals surface area contributed by atoms with E-state index in [1.54, 1.807) is 18.5 Å². The van der Waals surface area contributed by atoms with E-state index in [0.29, 0.717) is 46.7 Å². The molecule has 0 atom stereocenters. The number of thiazole rings is 1. The summed E-state index contributed by atoms with van der Waals surface area (Å²) in [7, 11) is -4.57. The Morgan fingerprint density at radius 2 is 1.67 bits per heavy atom. The number of nitrogens with one attached hydrogen (secondary N) is 1. The van der Waals surface area contributed by atoms with Gasteiger partial charge in [-0.1, -0.05) is 34.3 Å². The molecule has 6 rings (SSSR count). The number of halogens is 3. The van der Waals surface area contributed by atoms with Gasteiger partial charge >= 0.3 is 0 Å². The first kappa shape index (κ1) is 34.9. The van der Waals surface area contributed by atoms with Gasteiger partial charge in [-0.2, -0.15) is 0 Å². The number of aromatic nitrogens is 4. The van der Waals surface area contributed by atoms with Gasteiger partial charge in [-0.15, -0.1) is 11.3 Å². The maximum absolute atomic E-state index is 15.0. The van der Waals surface area contributed by atoms with Crippen molar-refractivity contribution in [2.75, 3.05) is 36.5 Å². The Labute approximate surface area is 281 Å². The molecule has 1 aliphatic rings. The number of hydrogen-bond acceptors (Lipinski definition) is 10. The van der Waals surface area contributed by atoms with E-state index in [0.717, 1.165) is 48.2 Å². The molecule has 0 saturated carbocycles. The van der Waals surface area contributed by atoms with Crippen LogP contribution in [0.2, 0.25) is 0 Å². The van der Waals surface area contributed by atoms with Gasteiger partial charge in [0.1, 0.15) is 28.2 Å². The third-order valence-corrected chi connectivity index (χ3v) is 10.6. The fourth-order valence-corrected chi connectivity index (χ4v) is 7.63. The molecule has 4 heterocycles. The maximum Gasteiger partial charge on any atom is 0.227 e. The summed E-state index contributed by atoms with van der Waals surface area (Å²) in [4.78, 5) is 20.2. The number of morpholine rings is 1. The van der Waals surface area contributed by atoms with Gasteiger partial charge in [0.05, 0.1) is 52.1 Å². The molecule has 3 aromatic heterocycles. The van der Waals surface area contributed by atoms with Gasteiger partial charge in [0.15, 0.2) is 9.84 Å². The summed E-state index contributed by atoms with van der Waals surface area (Å²) in [5.41, 5.74) is 1.50. The zero-order valence-corrected chi connectivity index (χ0v) is 27.4. The topological polar surface area (TPSA) is 110 Å². The highest BCUT2D eigenvalue weighted by Crippen LogP contribution is 2.41. The Bertz CT molecular complexity index is 2010. The first-order valence-electron chi connectivity index (χ1n) is 14.7. The number of benzene rings is 2. The molecule has 0 unspecified atom stereocenters. The van der Waals surface area contributed by atoms with Crippen molar-refractivity contribution < 1.29 is 26.3 Å². The smallest absolute Gasteiger partial charge is 0.227 e. The van der Waals surface area contributed by atoms with E-state index in [1.165, 1.54) is 23.5 Å². The molecule has 0 radical (unpaired) electrons. The molecule has 0 amide bonds. The van der Waals surface area contributed by atoms with Gasteiger partial charge in [-0.25, -0.2) is 41.5 Å². The van der Waals surface area contributed by atoms with E-state index in [4.69, 9.17) is 14.7 Å². The van der Waals surface area contributed by atoms with Crippen molar-refractivity contribution in [1.29, 1.82) is 0 Å². The van der Waals surface area contributed by atoms with Crippen LogP contribution in [0.1, 0.15) is 38.8 Å². The summed E-state index contributed by atoms with van der Waals surface area (Å²) < 4.78 is 75.3. The third kappa shape index (κ3) is 7.50. The minimum absolute atomic E-state index is 0. The number of hydrogen-bond donors (Lipinski definition) is 1. The van der Waals surface area contributed by atoms with Gasteiger partial charge in [-0.3, -0.25) is 0 Å². The van der Waals surface area contributed by atoms with Crippen molar-refractivity contribution in [3.05, 3.63) is 95.0 Å². The summed E-state index contributed by atoms with van der Waals surface area (Å²) >= 11 is 1.40. The largest absolute Gasteiger partial charge is 0.378 e. The molecule has 1 N–H and O–H groups in total. The second-order valence-corrected chi connectivity index (χ2v) is 14.9. The Kier molecular flexibility index (Phi) is 10.2. The Hall–Kier alpha value is -4.40. The minimum atomic E-state index is -4.57. The third-order valence-electron chi connectivity index (χ3n) is 7.39. The minimum Gasteiger partial charge on any atom is -0.378 e. The SMILES string of the molecule is C.CC(C)(C)c1nc(-c2ccc(F)c(CS(=O)(=O)c3c(F)cccc3F)c2)c(-c2ccnc(Nc3ccc(N4CCOCC4)nc3)n2)s1. The highest BCUT2D eigenvalue weighted by molar-refractivity contribution is 7.90. The average Bonchev–Trinajstić information content (AvgIpc) is 3.50. The number of nitrogens with zero attached hydrogens (tertiary/aromatic N) is 5. The summed E-state index contributed by atoms with van der Waals surface area (Å²) in [5.74, 6) is -3.09. The van der Waals surface area contributed by atoms with Crippen LogP contribution in [0.3, 0.4) is 0 Å². The molecule has 9 nitrogen and oxygen atoms in total. The average molecular weight is 697 g/mol. The van der Waals surface area contributed by atoms with Crippen LogP contribution in [0.15, 0.2) is 71.9 Å². The molecule has 48 heavy (non-hydrogen) atoms. The van der Waals surface area contributed by atoms with Gasteiger partial charge in [0.2, 0.25) is 5.95 Å². The fraction of sp³-hybridized carbons (Fsp3) is 0.294. The standard InChI is InChI=1S/C33H31F3N6O3S2.CH4/c1-33(2,3)31-41-28(20-7-9-23(34)21(17-20)19-47(43,44)30-24(35)5-4-6-25(30)36)29(46-31)26-11-12-37-32(40-26)39-22-8-10-27(38-18-22)42-13-15-45-16-14-42;/h4-12,17-18H,13-16,19H2,1-3H3,(H,37,39,40);1H4. The number of pyridine rings is 1. The molecule has 1 fully saturated rings. The van der Waals surface area contributed by atoms with E-state index in [9.17, 15) is 17.2 Å². The molecule has 0 aliphatic carbocycles. The van der Waals surface area contributed by atoms with E-state index in [-0.39, 0.29) is 18.4 Å². The van der Waals surface area contributed by atoms with E-state index >= 15 is 4.39 Å². The van der Waals surface area contributed by atoms with E-state index < -0.39 is 37.9 Å². The highest BCUT2D eigenvalue weighted by atomic mass is 32.2. The second-order valence-electron chi connectivity index (χ2n) is 12.0. The fourth-order valence-electron chi connectivity index (χ4n) is 5.01. The molecule has 2 aromatic carbocycles. The molecular formula is C34H35F3N6O3S2. The molecule has 0 bridgehead atoms. The van der Waals surface area contributed by atoms with Crippen LogP contribution in [0, 0.1) is 17.5 Å². The quantitative estimate of drug-likeness (QED) is 0.176. The number of anilines is 3. The Balaban J connectivity index is 0.00000451. The van der Waals surface area contributed by atoms with Gasteiger partial charge in [0, 0.05) is 35.8 Å². The lowest BCUT2D eigenvalue weighted by Gasteiger charge is -2.27. The van der Waals surface area contributed by atoms with Gasteiger partial charge in [-0.05, 0) is 48.5 Å². The Morgan fingerprint density at radius 1 is 0.938 bits per heavy atom. The van der Waals surface area contributed by atoms with Crippen LogP contribution in [0.4, 0.5) is 30.6 Å². The zero-order valence-electron chi connectivity index (χ0n) is 25.8. The first-order valence-corrected chi connectivity index (χ1v) is 17.2. The molecule has 1 aliphatic heterocycles. The molecule has 252 valence electrons. The summed E-state index contributed by atoms with van der Waals surface area (Å²) in [6, 6.07) is 12.3. The lowest BCUT2D eigenvalue weighted by Crippen LogP contribution is -2.36. The summed E-state index contributed by atoms with van der Waals surface area (Å²) in [6.07, 6.45) is 3.31. The van der Waals surface area contributed by atoms with Gasteiger partial charge in [0.25, 0.3) is 0 Å². The van der Waals surface area contributed by atoms with Crippen molar-refractivity contribution >= 4 is 38.6 Å². The zero-order chi connectivity index (χ0) is 33.3. The van der Waals surface area contributed by atoms with Crippen LogP contribution in [-0.4, -0.2) is 54.7 Å². The number of sulfone groups is 1. The Morgan fingerprint density at radius 3 is 2.33 bits per heavy atom. The predicted molar refractivity (Wildman–Crippen MR) is 182 cm³/mol. The first-order chi connectivity index (χ1) is 22.4. The van der Waals surface area contributed by atoms with Crippen molar-refractivity contribution in [2.45, 2.75) is 44.3 Å². The number of ether oxygens (including phenoxy) is 1. The van der Waals surface area contributed by atoms with Crippen LogP contribution >= 0.6 is 11.3 Å². The van der Waals surface area contributed by atoms with Crippen molar-refractivity contribution in [2.24, 2.45) is 0 Å². The lowest BCUT2D eigenvalue weighted by molar-refractivity contribution is 0.122. The van der Waals surface area contributed by atoms with Crippen LogP contribution in [0.25, 0.3) is 21.8 Å². The molecule has 14 heteroatoms. The van der Waals surface area contributed by atoms with Crippen LogP contribution in [-0.2, 0) is 25.7 Å². The van der Waals surface area contributed by atoms with Crippen LogP contribution in [0.5, 0.6) is 0 Å². The molecule has 1 saturated heterocycles. The maximum atomic E-state index is 15.0. The predicted octanol–water partition coefficient (Wildman–Crippen LogP) is 7.57. The van der Waals surface area contributed by atoms with Crippen molar-refractivity contribution in [3.63, 3.8) is 0 Å². The molecule has 5 aromatic rings. The summed E-state index contributed by atoms with van der Waals surface area (Å²) in [6.45, 7) is 8.88. The van der Waals surface area contributed by atoms with Crippen molar-refractivity contribution in [1.82, 2.24) is 19.9 Å². The van der Waals surface area contributed by atoms with E-state index in [2.05, 4.69) is 20.2 Å². The van der Waals surface area contributed by atoms with Crippen LogP contribution < -0.4 is 10.2 Å². The monoisotopic (exact) mass is 696 g/mol. The van der Waals surface area contributed by atoms with Crippen molar-refractivity contribution in [3.8, 4) is 21.8 Å². The molecule has 0 spiro atoms. The van der Waals surface area contributed by atoms with Gasteiger partial charge < -0.3 is 15.0 Å².